The molecule has 3 nitrogen and oxygen atoms in total. The van der Waals surface area contributed by atoms with Gasteiger partial charge in [0.25, 0.3) is 0 Å². The summed E-state index contributed by atoms with van der Waals surface area (Å²) in [4.78, 5) is 11.3. The van der Waals surface area contributed by atoms with Crippen molar-refractivity contribution in [2.45, 2.75) is 32.6 Å². The van der Waals surface area contributed by atoms with Crippen molar-refractivity contribution in [1.29, 1.82) is 0 Å². The van der Waals surface area contributed by atoms with Crippen LogP contribution in [-0.4, -0.2) is 18.0 Å². The average Bonchev–Trinajstić information content (AvgIpc) is 2.28. The van der Waals surface area contributed by atoms with Crippen LogP contribution in [0.2, 0.25) is 0 Å². The van der Waals surface area contributed by atoms with Gasteiger partial charge in [0.2, 0.25) is 5.91 Å². The van der Waals surface area contributed by atoms with Crippen LogP contribution in [0.15, 0.2) is 22.7 Å². The molecule has 0 aliphatic heterocycles. The van der Waals surface area contributed by atoms with Crippen LogP contribution < -0.4 is 5.84 Å². The topological polar surface area (TPSA) is 46.3 Å². The average molecular weight is 299 g/mol. The van der Waals surface area contributed by atoms with E-state index in [4.69, 9.17) is 5.84 Å². The van der Waals surface area contributed by atoms with E-state index in [0.29, 0.717) is 6.42 Å². The van der Waals surface area contributed by atoms with Gasteiger partial charge in [-0.25, -0.2) is 5.84 Å². The van der Waals surface area contributed by atoms with Crippen LogP contribution in [0.25, 0.3) is 0 Å². The van der Waals surface area contributed by atoms with Crippen molar-refractivity contribution >= 4 is 21.8 Å². The van der Waals surface area contributed by atoms with E-state index in [0.717, 1.165) is 28.7 Å². The fourth-order valence-corrected chi connectivity index (χ4v) is 2.09. The first-order valence-corrected chi connectivity index (χ1v) is 6.56. The van der Waals surface area contributed by atoms with Gasteiger partial charge in [-0.2, -0.15) is 0 Å². The molecule has 1 rings (SSSR count). The van der Waals surface area contributed by atoms with Gasteiger partial charge >= 0.3 is 0 Å². The van der Waals surface area contributed by atoms with Gasteiger partial charge in [0.1, 0.15) is 0 Å². The van der Waals surface area contributed by atoms with Crippen LogP contribution in [0.5, 0.6) is 0 Å². The Kier molecular flexibility index (Phi) is 5.65. The maximum atomic E-state index is 11.3. The van der Waals surface area contributed by atoms with E-state index in [1.807, 2.05) is 6.07 Å². The zero-order valence-corrected chi connectivity index (χ0v) is 12.0. The summed E-state index contributed by atoms with van der Waals surface area (Å²) in [5.41, 5.74) is 2.64. The van der Waals surface area contributed by atoms with Crippen molar-refractivity contribution < 1.29 is 4.79 Å². The summed E-state index contributed by atoms with van der Waals surface area (Å²) in [6.45, 7) is 2.11. The highest BCUT2D eigenvalue weighted by atomic mass is 79.9. The number of nitrogens with zero attached hydrogens (tertiary/aromatic N) is 1. The largest absolute Gasteiger partial charge is 0.284 e. The molecule has 0 spiro atoms. The lowest BCUT2D eigenvalue weighted by Crippen LogP contribution is -2.32. The van der Waals surface area contributed by atoms with Gasteiger partial charge in [-0.15, -0.1) is 0 Å². The molecule has 94 valence electrons. The number of aryl methyl sites for hydroxylation is 2. The first kappa shape index (κ1) is 14.2. The number of nitrogens with two attached hydrogens (primary N) is 1. The molecule has 4 heteroatoms. The predicted octanol–water partition coefficient (Wildman–Crippen LogP) is 2.80. The van der Waals surface area contributed by atoms with Gasteiger partial charge in [-0.1, -0.05) is 22.0 Å². The van der Waals surface area contributed by atoms with Crippen LogP contribution in [0.4, 0.5) is 0 Å². The molecule has 0 atom stereocenters. The quantitative estimate of drug-likeness (QED) is 0.393. The predicted molar refractivity (Wildman–Crippen MR) is 73.4 cm³/mol. The van der Waals surface area contributed by atoms with Crippen molar-refractivity contribution in [1.82, 2.24) is 5.01 Å². The molecule has 0 radical (unpaired) electrons. The number of amides is 1. The van der Waals surface area contributed by atoms with E-state index >= 15 is 0 Å². The molecule has 0 fully saturated rings. The number of benzene rings is 1. The number of hydrazine groups is 1. The highest BCUT2D eigenvalue weighted by Crippen LogP contribution is 2.18. The van der Waals surface area contributed by atoms with Crippen LogP contribution in [-0.2, 0) is 11.2 Å². The molecule has 17 heavy (non-hydrogen) atoms. The number of unbranched alkanes of at least 4 members (excludes halogenated alkanes) is 1. The van der Waals surface area contributed by atoms with Crippen molar-refractivity contribution in [3.8, 4) is 0 Å². The second-order valence-electron chi connectivity index (χ2n) is 4.28. The number of rotatable bonds is 5. The molecule has 1 aromatic carbocycles. The number of hydrogen-bond donors (Lipinski definition) is 1. The van der Waals surface area contributed by atoms with Gasteiger partial charge in [0.05, 0.1) is 0 Å². The molecule has 1 amide bonds. The lowest BCUT2D eigenvalue weighted by molar-refractivity contribution is -0.130. The Morgan fingerprint density at radius 3 is 2.76 bits per heavy atom. The van der Waals surface area contributed by atoms with E-state index in [1.165, 1.54) is 11.1 Å². The molecule has 0 aromatic heterocycles. The van der Waals surface area contributed by atoms with Crippen molar-refractivity contribution in [2.24, 2.45) is 5.84 Å². The maximum absolute atomic E-state index is 11.3. The fraction of sp³-hybridized carbons (Fsp3) is 0.462. The fourth-order valence-electron chi connectivity index (χ4n) is 1.68. The van der Waals surface area contributed by atoms with Crippen LogP contribution in [0, 0.1) is 6.92 Å². The first-order chi connectivity index (χ1) is 8.00. The summed E-state index contributed by atoms with van der Waals surface area (Å²) in [5, 5.41) is 1.16. The Morgan fingerprint density at radius 1 is 1.41 bits per heavy atom. The van der Waals surface area contributed by atoms with Gasteiger partial charge in [-0.3, -0.25) is 9.80 Å². The second kappa shape index (κ2) is 6.77. The Bertz CT molecular complexity index is 391. The van der Waals surface area contributed by atoms with Crippen molar-refractivity contribution in [3.05, 3.63) is 33.8 Å². The number of hydrogen-bond acceptors (Lipinski definition) is 2. The lowest BCUT2D eigenvalue weighted by atomic mass is 10.0. The summed E-state index contributed by atoms with van der Waals surface area (Å²) in [5.74, 6) is 5.35. The van der Waals surface area contributed by atoms with E-state index in [2.05, 4.69) is 35.0 Å². The lowest BCUT2D eigenvalue weighted by Gasteiger charge is -2.10. The summed E-state index contributed by atoms with van der Waals surface area (Å²) >= 11 is 3.47. The molecule has 1 aromatic rings. The summed E-state index contributed by atoms with van der Waals surface area (Å²) in [6.07, 6.45) is 3.43. The third kappa shape index (κ3) is 4.88. The van der Waals surface area contributed by atoms with Crippen LogP contribution >= 0.6 is 15.9 Å². The molecule has 0 heterocycles. The minimum Gasteiger partial charge on any atom is -0.284 e. The third-order valence-corrected chi connectivity index (χ3v) is 3.28. The van der Waals surface area contributed by atoms with E-state index in [1.54, 1.807) is 7.05 Å². The second-order valence-corrected chi connectivity index (χ2v) is 5.20. The minimum absolute atomic E-state index is 0.00374. The molecule has 0 bridgehead atoms. The zero-order chi connectivity index (χ0) is 12.8. The van der Waals surface area contributed by atoms with Crippen LogP contribution in [0.3, 0.4) is 0 Å². The molecule has 0 aliphatic rings. The molecule has 0 saturated heterocycles. The molecule has 0 unspecified atom stereocenters. The van der Waals surface area contributed by atoms with Gasteiger partial charge < -0.3 is 0 Å². The highest BCUT2D eigenvalue weighted by molar-refractivity contribution is 9.10. The smallest absolute Gasteiger partial charge is 0.236 e. The highest BCUT2D eigenvalue weighted by Gasteiger charge is 2.04. The minimum atomic E-state index is -0.00374. The molecule has 0 saturated carbocycles. The van der Waals surface area contributed by atoms with Crippen molar-refractivity contribution in [3.63, 3.8) is 0 Å². The van der Waals surface area contributed by atoms with Gasteiger partial charge in [-0.05, 0) is 49.4 Å². The molecule has 2 N–H and O–H groups in total. The zero-order valence-electron chi connectivity index (χ0n) is 10.4. The Hall–Kier alpha value is -0.870. The van der Waals surface area contributed by atoms with E-state index < -0.39 is 0 Å². The summed E-state index contributed by atoms with van der Waals surface area (Å²) < 4.78 is 1.11. The summed E-state index contributed by atoms with van der Waals surface area (Å²) in [6, 6.07) is 6.30. The van der Waals surface area contributed by atoms with Gasteiger partial charge in [0, 0.05) is 17.9 Å². The van der Waals surface area contributed by atoms with Crippen LogP contribution in [0.1, 0.15) is 30.4 Å². The van der Waals surface area contributed by atoms with E-state index in [9.17, 15) is 4.79 Å². The Labute approximate surface area is 111 Å². The van der Waals surface area contributed by atoms with Gasteiger partial charge in [0.15, 0.2) is 0 Å². The monoisotopic (exact) mass is 298 g/mol. The van der Waals surface area contributed by atoms with Crippen molar-refractivity contribution in [2.75, 3.05) is 7.05 Å². The molecular weight excluding hydrogens is 280 g/mol. The number of carbonyl (C=O) groups excluding carboxylic acids is 1. The number of carbonyl (C=O) groups is 1. The Balaban J connectivity index is 2.36. The standard InChI is InChI=1S/C13H19BrN2O/c1-10-7-8-12(14)9-11(10)5-3-4-6-13(17)16(2)15/h7-9H,3-6,15H2,1-2H3. The SMILES string of the molecule is Cc1ccc(Br)cc1CCCCC(=O)N(C)N. The van der Waals surface area contributed by atoms with E-state index in [-0.39, 0.29) is 5.91 Å². The third-order valence-electron chi connectivity index (χ3n) is 2.79. The normalized spacial score (nSPS) is 10.4. The summed E-state index contributed by atoms with van der Waals surface area (Å²) in [7, 11) is 1.58. The molecular formula is C13H19BrN2O. The molecule has 0 aliphatic carbocycles. The number of halogens is 1. The maximum Gasteiger partial charge on any atom is 0.236 e. The Morgan fingerprint density at radius 2 is 2.12 bits per heavy atom. The first-order valence-electron chi connectivity index (χ1n) is 5.77.